The lowest BCUT2D eigenvalue weighted by Gasteiger charge is -2.16. The number of unbranched alkanes of at least 4 members (excludes halogenated alkanes) is 2. The van der Waals surface area contributed by atoms with Gasteiger partial charge in [0.2, 0.25) is 15.9 Å². The molecule has 1 aliphatic rings. The average molecular weight is 324 g/mol. The summed E-state index contributed by atoms with van der Waals surface area (Å²) in [6.45, 7) is 3.05. The van der Waals surface area contributed by atoms with Gasteiger partial charge < -0.3 is 5.32 Å². The molecule has 5 nitrogen and oxygen atoms in total. The van der Waals surface area contributed by atoms with Crippen molar-refractivity contribution in [1.29, 1.82) is 0 Å². The highest BCUT2D eigenvalue weighted by molar-refractivity contribution is 7.89. The van der Waals surface area contributed by atoms with E-state index in [0.717, 1.165) is 24.8 Å². The van der Waals surface area contributed by atoms with Crippen LogP contribution in [0.4, 0.5) is 0 Å². The Morgan fingerprint density at radius 1 is 1.27 bits per heavy atom. The summed E-state index contributed by atoms with van der Waals surface area (Å²) in [6.07, 6.45) is 3.63. The van der Waals surface area contributed by atoms with Crippen molar-refractivity contribution in [3.8, 4) is 0 Å². The SMILES string of the molecule is CCCCCNC(=O)CN1CCC(c2ccccc2)S1(=O)=O. The Bertz CT molecular complexity index is 587. The van der Waals surface area contributed by atoms with Crippen LogP contribution in [0.1, 0.15) is 43.4 Å². The third kappa shape index (κ3) is 4.08. The highest BCUT2D eigenvalue weighted by Crippen LogP contribution is 2.34. The van der Waals surface area contributed by atoms with Crippen LogP contribution in [0.5, 0.6) is 0 Å². The van der Waals surface area contributed by atoms with Crippen LogP contribution in [0.3, 0.4) is 0 Å². The van der Waals surface area contributed by atoms with Crippen LogP contribution >= 0.6 is 0 Å². The van der Waals surface area contributed by atoms with Crippen molar-refractivity contribution in [2.24, 2.45) is 0 Å². The van der Waals surface area contributed by atoms with E-state index in [1.165, 1.54) is 4.31 Å². The number of benzene rings is 1. The van der Waals surface area contributed by atoms with E-state index in [9.17, 15) is 13.2 Å². The van der Waals surface area contributed by atoms with Crippen LogP contribution in [0.15, 0.2) is 30.3 Å². The van der Waals surface area contributed by atoms with E-state index >= 15 is 0 Å². The van der Waals surface area contributed by atoms with Gasteiger partial charge in [-0.15, -0.1) is 0 Å². The van der Waals surface area contributed by atoms with E-state index in [-0.39, 0.29) is 12.5 Å². The maximum atomic E-state index is 12.6. The van der Waals surface area contributed by atoms with Gasteiger partial charge in [0.1, 0.15) is 5.25 Å². The second kappa shape index (κ2) is 7.74. The molecule has 2 rings (SSSR count). The summed E-state index contributed by atoms with van der Waals surface area (Å²) in [4.78, 5) is 11.9. The predicted octanol–water partition coefficient (Wildman–Crippen LogP) is 2.07. The number of hydrogen-bond donors (Lipinski definition) is 1. The van der Waals surface area contributed by atoms with E-state index in [2.05, 4.69) is 12.2 Å². The standard InChI is InChI=1S/C16H24N2O3S/c1-2-3-7-11-17-16(19)13-18-12-10-15(22(18,20)21)14-8-5-4-6-9-14/h4-6,8-9,15H,2-3,7,10-13H2,1H3,(H,17,19). The van der Waals surface area contributed by atoms with Gasteiger partial charge in [-0.2, -0.15) is 4.31 Å². The number of amides is 1. The third-order valence-electron chi connectivity index (χ3n) is 3.95. The number of carbonyl (C=O) groups is 1. The molecule has 122 valence electrons. The minimum atomic E-state index is -3.44. The van der Waals surface area contributed by atoms with E-state index in [0.29, 0.717) is 19.5 Å². The molecule has 22 heavy (non-hydrogen) atoms. The Hall–Kier alpha value is -1.40. The molecule has 0 spiro atoms. The lowest BCUT2D eigenvalue weighted by molar-refractivity contribution is -0.121. The number of nitrogens with zero attached hydrogens (tertiary/aromatic N) is 1. The van der Waals surface area contributed by atoms with Crippen LogP contribution in [-0.2, 0) is 14.8 Å². The quantitative estimate of drug-likeness (QED) is 0.781. The summed E-state index contributed by atoms with van der Waals surface area (Å²) >= 11 is 0. The van der Waals surface area contributed by atoms with Crippen LogP contribution in [0.25, 0.3) is 0 Å². The summed E-state index contributed by atoms with van der Waals surface area (Å²) in [5.74, 6) is -0.214. The molecule has 0 radical (unpaired) electrons. The molecule has 1 heterocycles. The highest BCUT2D eigenvalue weighted by Gasteiger charge is 2.40. The molecule has 0 saturated carbocycles. The van der Waals surface area contributed by atoms with Gasteiger partial charge in [0, 0.05) is 13.1 Å². The van der Waals surface area contributed by atoms with Gasteiger partial charge in [-0.05, 0) is 18.4 Å². The molecular formula is C16H24N2O3S. The summed E-state index contributed by atoms with van der Waals surface area (Å²) in [5.41, 5.74) is 0.799. The first kappa shape index (κ1) is 17.0. The first-order valence-corrected chi connectivity index (χ1v) is 9.36. The van der Waals surface area contributed by atoms with Gasteiger partial charge in [0.25, 0.3) is 0 Å². The lowest BCUT2D eigenvalue weighted by atomic mass is 10.1. The maximum absolute atomic E-state index is 12.6. The molecule has 1 saturated heterocycles. The molecule has 6 heteroatoms. The van der Waals surface area contributed by atoms with Gasteiger partial charge in [0.05, 0.1) is 6.54 Å². The molecule has 0 bridgehead atoms. The van der Waals surface area contributed by atoms with Crippen LogP contribution < -0.4 is 5.32 Å². The van der Waals surface area contributed by atoms with E-state index in [4.69, 9.17) is 0 Å². The Labute approximate surface area is 132 Å². The second-order valence-corrected chi connectivity index (χ2v) is 7.74. The van der Waals surface area contributed by atoms with Crippen LogP contribution in [-0.4, -0.2) is 38.3 Å². The minimum absolute atomic E-state index is 0.0716. The van der Waals surface area contributed by atoms with Crippen molar-refractivity contribution in [2.75, 3.05) is 19.6 Å². The number of rotatable bonds is 7. The molecule has 1 unspecified atom stereocenters. The van der Waals surface area contributed by atoms with Gasteiger partial charge in [0.15, 0.2) is 0 Å². The zero-order chi connectivity index (χ0) is 16.0. The minimum Gasteiger partial charge on any atom is -0.355 e. The molecular weight excluding hydrogens is 300 g/mol. The van der Waals surface area contributed by atoms with Gasteiger partial charge in [-0.1, -0.05) is 50.1 Å². The Balaban J connectivity index is 1.92. The molecule has 1 aromatic rings. The zero-order valence-corrected chi connectivity index (χ0v) is 13.8. The monoisotopic (exact) mass is 324 g/mol. The molecule has 1 N–H and O–H groups in total. The summed E-state index contributed by atoms with van der Waals surface area (Å²) in [5, 5.41) is 2.27. The largest absolute Gasteiger partial charge is 0.355 e. The summed E-state index contributed by atoms with van der Waals surface area (Å²) < 4.78 is 26.4. The summed E-state index contributed by atoms with van der Waals surface area (Å²) in [6, 6.07) is 9.21. The Morgan fingerprint density at radius 3 is 2.68 bits per heavy atom. The smallest absolute Gasteiger partial charge is 0.235 e. The van der Waals surface area contributed by atoms with Crippen molar-refractivity contribution in [3.63, 3.8) is 0 Å². The molecule has 0 aliphatic carbocycles. The molecule has 1 aliphatic heterocycles. The second-order valence-electron chi connectivity index (χ2n) is 5.62. The molecule has 1 aromatic carbocycles. The average Bonchev–Trinajstić information content (AvgIpc) is 2.79. The predicted molar refractivity (Wildman–Crippen MR) is 86.8 cm³/mol. The maximum Gasteiger partial charge on any atom is 0.235 e. The normalized spacial score (nSPS) is 20.9. The van der Waals surface area contributed by atoms with Crippen LogP contribution in [0.2, 0.25) is 0 Å². The van der Waals surface area contributed by atoms with Crippen molar-refractivity contribution < 1.29 is 13.2 Å². The third-order valence-corrected chi connectivity index (χ3v) is 6.21. The van der Waals surface area contributed by atoms with Crippen molar-refractivity contribution in [1.82, 2.24) is 9.62 Å². The fourth-order valence-corrected chi connectivity index (χ4v) is 4.63. The highest BCUT2D eigenvalue weighted by atomic mass is 32.2. The number of hydrogen-bond acceptors (Lipinski definition) is 3. The van der Waals surface area contributed by atoms with E-state index < -0.39 is 15.3 Å². The Kier molecular flexibility index (Phi) is 5.97. The van der Waals surface area contributed by atoms with Gasteiger partial charge >= 0.3 is 0 Å². The van der Waals surface area contributed by atoms with E-state index in [1.54, 1.807) is 0 Å². The van der Waals surface area contributed by atoms with Gasteiger partial charge in [-0.25, -0.2) is 8.42 Å². The topological polar surface area (TPSA) is 66.5 Å². The Morgan fingerprint density at radius 2 is 2.00 bits per heavy atom. The molecule has 0 aromatic heterocycles. The number of nitrogens with one attached hydrogen (secondary N) is 1. The number of sulfonamides is 1. The first-order valence-electron chi connectivity index (χ1n) is 7.86. The van der Waals surface area contributed by atoms with Crippen molar-refractivity contribution in [3.05, 3.63) is 35.9 Å². The summed E-state index contributed by atoms with van der Waals surface area (Å²) in [7, 11) is -3.44. The van der Waals surface area contributed by atoms with Crippen molar-refractivity contribution >= 4 is 15.9 Å². The fraction of sp³-hybridized carbons (Fsp3) is 0.562. The van der Waals surface area contributed by atoms with Gasteiger partial charge in [-0.3, -0.25) is 4.79 Å². The lowest BCUT2D eigenvalue weighted by Crippen LogP contribution is -2.38. The molecule has 1 amide bonds. The zero-order valence-electron chi connectivity index (χ0n) is 13.0. The fourth-order valence-electron chi connectivity index (χ4n) is 2.71. The van der Waals surface area contributed by atoms with E-state index in [1.807, 2.05) is 30.3 Å². The van der Waals surface area contributed by atoms with Crippen LogP contribution in [0, 0.1) is 0 Å². The molecule has 1 atom stereocenters. The first-order chi connectivity index (χ1) is 10.6. The van der Waals surface area contributed by atoms with Crippen molar-refractivity contribution in [2.45, 2.75) is 37.9 Å². The number of carbonyl (C=O) groups excluding carboxylic acids is 1. The molecule has 1 fully saturated rings.